The summed E-state index contributed by atoms with van der Waals surface area (Å²) in [6, 6.07) is 0.0185. The van der Waals surface area contributed by atoms with E-state index in [1.54, 1.807) is 0 Å². The second-order valence-corrected chi connectivity index (χ2v) is 1.61. The van der Waals surface area contributed by atoms with Crippen molar-refractivity contribution in [1.82, 2.24) is 0 Å². The van der Waals surface area contributed by atoms with Crippen LogP contribution in [0.2, 0.25) is 0 Å². The molecule has 1 fully saturated rings. The molecule has 0 radical (unpaired) electrons. The minimum absolute atomic E-state index is 0.0185. The molecule has 1 atom stereocenters. The van der Waals surface area contributed by atoms with Crippen LogP contribution in [0.4, 0.5) is 0 Å². The lowest BCUT2D eigenvalue weighted by molar-refractivity contribution is -1.06. The van der Waals surface area contributed by atoms with Crippen LogP contribution in [0, 0.1) is 5.21 Å². The van der Waals surface area contributed by atoms with Gasteiger partial charge in [-0.3, -0.25) is 0 Å². The fourth-order valence-electron chi connectivity index (χ4n) is 0.330. The Hall–Kier alpha value is -0.120. The van der Waals surface area contributed by atoms with Crippen molar-refractivity contribution >= 4 is 0 Å². The van der Waals surface area contributed by atoms with Gasteiger partial charge in [0.25, 0.3) is 0 Å². The number of nitrogens with one attached hydrogen (secondary N) is 1. The number of quaternary nitrogens is 1. The lowest BCUT2D eigenvalue weighted by Gasteiger charge is -2.08. The zero-order valence-corrected chi connectivity index (χ0v) is 3.35. The van der Waals surface area contributed by atoms with Crippen molar-refractivity contribution in [3.63, 3.8) is 0 Å². The van der Waals surface area contributed by atoms with Crippen LogP contribution in [-0.4, -0.2) is 11.2 Å². The molecule has 3 heteroatoms. The second kappa shape index (κ2) is 1.18. The first-order chi connectivity index (χ1) is 2.80. The molecule has 2 N–H and O–H groups in total. The van der Waals surface area contributed by atoms with Gasteiger partial charge in [-0.15, -0.1) is 0 Å². The van der Waals surface area contributed by atoms with Crippen LogP contribution in [0.3, 0.4) is 0 Å². The Balaban J connectivity index is 2.13. The van der Waals surface area contributed by atoms with Crippen molar-refractivity contribution in [2.75, 3.05) is 0 Å². The average Bonchev–Trinajstić information content (AvgIpc) is 2.06. The summed E-state index contributed by atoms with van der Waals surface area (Å²) in [6.45, 7) is 0. The van der Waals surface area contributed by atoms with Gasteiger partial charge >= 0.3 is 0 Å². The van der Waals surface area contributed by atoms with Gasteiger partial charge in [0.05, 0.1) is 0 Å². The fraction of sp³-hybridized carbons (Fsp3) is 1.00. The molecule has 3 nitrogen and oxygen atoms in total. The molecule has 1 aliphatic rings. The molecular formula is C3H7NO2. The van der Waals surface area contributed by atoms with E-state index in [0.29, 0.717) is 0 Å². The highest BCUT2D eigenvalue weighted by Gasteiger charge is 2.27. The maximum Gasteiger partial charge on any atom is 0.117 e. The van der Waals surface area contributed by atoms with Crippen molar-refractivity contribution in [2.45, 2.75) is 18.9 Å². The third-order valence-electron chi connectivity index (χ3n) is 0.927. The Morgan fingerprint density at radius 1 is 1.67 bits per heavy atom. The smallest absolute Gasteiger partial charge is 0.117 e. The molecule has 6 heavy (non-hydrogen) atoms. The molecule has 0 aromatic carbocycles. The summed E-state index contributed by atoms with van der Waals surface area (Å²) < 4.78 is 0. The summed E-state index contributed by atoms with van der Waals surface area (Å²) in [6.07, 6.45) is 1.80. The molecule has 1 unspecified atom stereocenters. The predicted molar refractivity (Wildman–Crippen MR) is 19.1 cm³/mol. The fourth-order valence-corrected chi connectivity index (χ4v) is 0.330. The molecule has 0 spiro atoms. The summed E-state index contributed by atoms with van der Waals surface area (Å²) in [4.78, 5) is 0. The number of hydrogen-bond acceptors (Lipinski definition) is 2. The quantitative estimate of drug-likeness (QED) is 0.401. The van der Waals surface area contributed by atoms with E-state index in [0.717, 1.165) is 12.8 Å². The molecule has 0 aromatic heterocycles. The van der Waals surface area contributed by atoms with Gasteiger partial charge in [0, 0.05) is 12.8 Å². The first kappa shape index (κ1) is 4.05. The summed E-state index contributed by atoms with van der Waals surface area (Å²) in [7, 11) is 0. The van der Waals surface area contributed by atoms with Gasteiger partial charge in [-0.05, 0) is 0 Å². The lowest BCUT2D eigenvalue weighted by atomic mass is 10.8. The summed E-state index contributed by atoms with van der Waals surface area (Å²) in [5, 5.41) is 17.2. The largest absolute Gasteiger partial charge is 0.600 e. The molecule has 0 aliphatic heterocycles. The molecule has 0 bridgehead atoms. The Labute approximate surface area is 35.7 Å². The van der Waals surface area contributed by atoms with E-state index in [1.807, 2.05) is 0 Å². The first-order valence-electron chi connectivity index (χ1n) is 2.03. The van der Waals surface area contributed by atoms with E-state index >= 15 is 0 Å². The highest BCUT2D eigenvalue weighted by atomic mass is 16.8. The van der Waals surface area contributed by atoms with Gasteiger partial charge in [-0.1, -0.05) is 0 Å². The number of hydroxylamine groups is 2. The SMILES string of the molecule is [O-][NH+](O)C1CC1. The Bertz CT molecular complexity index is 50.8. The number of rotatable bonds is 1. The standard InChI is InChI=1S/C3H7NO2/c5-4(6)3-1-2-3/h3-5H,1-2H2. The lowest BCUT2D eigenvalue weighted by Crippen LogP contribution is -3.06. The van der Waals surface area contributed by atoms with Crippen LogP contribution in [-0.2, 0) is 0 Å². The third kappa shape index (κ3) is 0.680. The summed E-state index contributed by atoms with van der Waals surface area (Å²) in [5.41, 5.74) is 0. The second-order valence-electron chi connectivity index (χ2n) is 1.61. The molecule has 1 aliphatic carbocycles. The van der Waals surface area contributed by atoms with Crippen LogP contribution < -0.4 is 5.23 Å². The van der Waals surface area contributed by atoms with Crippen molar-refractivity contribution in [2.24, 2.45) is 0 Å². The monoisotopic (exact) mass is 89.0 g/mol. The van der Waals surface area contributed by atoms with Crippen LogP contribution in [0.25, 0.3) is 0 Å². The molecule has 0 amide bonds. The Morgan fingerprint density at radius 3 is 2.17 bits per heavy atom. The van der Waals surface area contributed by atoms with E-state index in [-0.39, 0.29) is 6.04 Å². The van der Waals surface area contributed by atoms with Crippen molar-refractivity contribution in [1.29, 1.82) is 0 Å². The normalized spacial score (nSPS) is 27.0. The Morgan fingerprint density at radius 2 is 2.17 bits per heavy atom. The van der Waals surface area contributed by atoms with Crippen molar-refractivity contribution in [3.05, 3.63) is 5.21 Å². The van der Waals surface area contributed by atoms with Crippen molar-refractivity contribution in [3.8, 4) is 0 Å². The highest BCUT2D eigenvalue weighted by Crippen LogP contribution is 2.13. The zero-order valence-electron chi connectivity index (χ0n) is 3.35. The zero-order chi connectivity index (χ0) is 4.57. The van der Waals surface area contributed by atoms with E-state index in [9.17, 15) is 5.21 Å². The minimum Gasteiger partial charge on any atom is -0.600 e. The van der Waals surface area contributed by atoms with Gasteiger partial charge in [0.15, 0.2) is 0 Å². The molecule has 0 saturated heterocycles. The summed E-state index contributed by atoms with van der Waals surface area (Å²) in [5.74, 6) is 0. The molecule has 0 heterocycles. The van der Waals surface area contributed by atoms with Crippen LogP contribution in [0.1, 0.15) is 12.8 Å². The molecule has 1 saturated carbocycles. The van der Waals surface area contributed by atoms with E-state index in [2.05, 4.69) is 0 Å². The van der Waals surface area contributed by atoms with E-state index in [4.69, 9.17) is 5.21 Å². The van der Waals surface area contributed by atoms with E-state index in [1.165, 1.54) is 0 Å². The topological polar surface area (TPSA) is 47.7 Å². The summed E-state index contributed by atoms with van der Waals surface area (Å²) >= 11 is 0. The maximum atomic E-state index is 9.76. The minimum atomic E-state index is -0.630. The molecule has 0 aromatic rings. The van der Waals surface area contributed by atoms with Crippen LogP contribution in [0.5, 0.6) is 0 Å². The predicted octanol–water partition coefficient (Wildman–Crippen LogP) is -1.08. The number of hydrogen-bond donors (Lipinski definition) is 2. The van der Waals surface area contributed by atoms with Crippen LogP contribution >= 0.6 is 0 Å². The maximum absolute atomic E-state index is 9.76. The van der Waals surface area contributed by atoms with Gasteiger partial charge in [-0.25, -0.2) is 10.4 Å². The van der Waals surface area contributed by atoms with Crippen molar-refractivity contribution < 1.29 is 10.4 Å². The Kier molecular flexibility index (Phi) is 0.799. The van der Waals surface area contributed by atoms with Gasteiger partial charge < -0.3 is 5.21 Å². The first-order valence-corrected chi connectivity index (χ1v) is 2.03. The van der Waals surface area contributed by atoms with Gasteiger partial charge in [0.2, 0.25) is 0 Å². The third-order valence-corrected chi connectivity index (χ3v) is 0.927. The van der Waals surface area contributed by atoms with E-state index < -0.39 is 5.23 Å². The van der Waals surface area contributed by atoms with Gasteiger partial charge in [0.1, 0.15) is 6.04 Å². The molecule has 36 valence electrons. The highest BCUT2D eigenvalue weighted by molar-refractivity contribution is 4.69. The molecule has 1 rings (SSSR count). The van der Waals surface area contributed by atoms with Gasteiger partial charge in [-0.2, -0.15) is 0 Å². The molecular weight excluding hydrogens is 82.0 g/mol. The van der Waals surface area contributed by atoms with Crippen LogP contribution in [0.15, 0.2) is 0 Å². The average molecular weight is 89.1 g/mol.